The summed E-state index contributed by atoms with van der Waals surface area (Å²) in [5, 5.41) is 4.36. The van der Waals surface area contributed by atoms with Crippen LogP contribution in [0.1, 0.15) is 41.5 Å². The Morgan fingerprint density at radius 2 is 2.20 bits per heavy atom. The van der Waals surface area contributed by atoms with Crippen molar-refractivity contribution in [2.24, 2.45) is 0 Å². The number of amides is 2. The van der Waals surface area contributed by atoms with Crippen molar-refractivity contribution in [1.82, 2.24) is 24.6 Å². The summed E-state index contributed by atoms with van der Waals surface area (Å²) in [6.07, 6.45) is 5.52. The number of nitrogens with zero attached hydrogens (tertiary/aromatic N) is 4. The molecule has 0 bridgehead atoms. The lowest BCUT2D eigenvalue weighted by Gasteiger charge is -2.21. The minimum absolute atomic E-state index is 0.0376. The van der Waals surface area contributed by atoms with Crippen LogP contribution in [-0.2, 0) is 24.3 Å². The number of aromatic amines is 1. The number of aromatic nitrogens is 3. The number of hydrogen-bond acceptors (Lipinski definition) is 3. The second kappa shape index (κ2) is 7.55. The first-order chi connectivity index (χ1) is 12.1. The maximum absolute atomic E-state index is 12.6. The van der Waals surface area contributed by atoms with Crippen molar-refractivity contribution in [2.75, 3.05) is 20.1 Å². The summed E-state index contributed by atoms with van der Waals surface area (Å²) < 4.78 is 1.87. The molecule has 0 fully saturated rings. The van der Waals surface area contributed by atoms with Crippen LogP contribution in [0.5, 0.6) is 0 Å². The molecule has 3 rings (SSSR count). The van der Waals surface area contributed by atoms with Gasteiger partial charge in [-0.3, -0.25) is 14.3 Å². The van der Waals surface area contributed by atoms with Crippen LogP contribution in [-0.4, -0.2) is 56.5 Å². The van der Waals surface area contributed by atoms with Gasteiger partial charge in [0, 0.05) is 45.0 Å². The molecular weight excluding hydrogens is 318 g/mol. The van der Waals surface area contributed by atoms with Crippen molar-refractivity contribution in [2.45, 2.75) is 39.3 Å². The van der Waals surface area contributed by atoms with Gasteiger partial charge < -0.3 is 14.8 Å². The molecule has 7 nitrogen and oxygen atoms in total. The van der Waals surface area contributed by atoms with E-state index in [0.717, 1.165) is 24.4 Å². The van der Waals surface area contributed by atoms with E-state index in [0.29, 0.717) is 38.0 Å². The average molecular weight is 343 g/mol. The van der Waals surface area contributed by atoms with Crippen LogP contribution in [0.4, 0.5) is 0 Å². The Bertz CT molecular complexity index is 735. The van der Waals surface area contributed by atoms with Gasteiger partial charge in [-0.2, -0.15) is 5.10 Å². The fraction of sp³-hybridized carbons (Fsp3) is 0.500. The Morgan fingerprint density at radius 1 is 1.36 bits per heavy atom. The summed E-state index contributed by atoms with van der Waals surface area (Å²) in [5.74, 6) is 0.0796. The molecule has 2 aromatic rings. The number of rotatable bonds is 5. The van der Waals surface area contributed by atoms with Gasteiger partial charge in [-0.05, 0) is 31.9 Å². The van der Waals surface area contributed by atoms with E-state index in [-0.39, 0.29) is 11.8 Å². The zero-order chi connectivity index (χ0) is 17.8. The maximum atomic E-state index is 12.6. The summed E-state index contributed by atoms with van der Waals surface area (Å²) in [6, 6.07) is 3.93. The topological polar surface area (TPSA) is 74.2 Å². The summed E-state index contributed by atoms with van der Waals surface area (Å²) >= 11 is 0. The first-order valence-corrected chi connectivity index (χ1v) is 8.80. The maximum Gasteiger partial charge on any atom is 0.257 e. The highest BCUT2D eigenvalue weighted by Crippen LogP contribution is 2.19. The van der Waals surface area contributed by atoms with Gasteiger partial charge in [0.1, 0.15) is 0 Å². The van der Waals surface area contributed by atoms with Gasteiger partial charge in [-0.1, -0.05) is 0 Å². The molecule has 0 saturated heterocycles. The number of carbonyl (C=O) groups excluding carboxylic acids is 2. The SMILES string of the molecule is CCN(C)C(=O)c1cnn2c1CN(C(=O)CCc1ccc[nH]1)CCC2. The van der Waals surface area contributed by atoms with Gasteiger partial charge in [0.2, 0.25) is 5.91 Å². The molecule has 1 aliphatic rings. The molecule has 1 N–H and O–H groups in total. The summed E-state index contributed by atoms with van der Waals surface area (Å²) in [4.78, 5) is 31.8. The zero-order valence-electron chi connectivity index (χ0n) is 14.9. The molecule has 0 aromatic carbocycles. The first-order valence-electron chi connectivity index (χ1n) is 8.80. The van der Waals surface area contributed by atoms with Crippen molar-refractivity contribution in [3.8, 4) is 0 Å². The highest BCUT2D eigenvalue weighted by atomic mass is 16.2. The third-order valence-electron chi connectivity index (χ3n) is 4.76. The molecule has 25 heavy (non-hydrogen) atoms. The second-order valence-electron chi connectivity index (χ2n) is 6.41. The van der Waals surface area contributed by atoms with Crippen LogP contribution in [0.3, 0.4) is 0 Å². The fourth-order valence-corrected chi connectivity index (χ4v) is 3.10. The van der Waals surface area contributed by atoms with Crippen molar-refractivity contribution < 1.29 is 9.59 Å². The van der Waals surface area contributed by atoms with Gasteiger partial charge in [0.15, 0.2) is 0 Å². The molecule has 0 aliphatic carbocycles. The van der Waals surface area contributed by atoms with Crippen molar-refractivity contribution in [3.05, 3.63) is 41.5 Å². The smallest absolute Gasteiger partial charge is 0.257 e. The number of H-pyrrole nitrogens is 1. The lowest BCUT2D eigenvalue weighted by molar-refractivity contribution is -0.131. The van der Waals surface area contributed by atoms with Crippen LogP contribution >= 0.6 is 0 Å². The lowest BCUT2D eigenvalue weighted by atomic mass is 10.2. The standard InChI is InChI=1S/C18H25N5O2/c1-3-21(2)18(25)15-12-20-23-11-5-10-22(13-16(15)23)17(24)8-7-14-6-4-9-19-14/h4,6,9,12,19H,3,5,7-8,10-11,13H2,1-2H3. The van der Waals surface area contributed by atoms with Gasteiger partial charge in [-0.25, -0.2) is 0 Å². The lowest BCUT2D eigenvalue weighted by Crippen LogP contribution is -2.32. The minimum Gasteiger partial charge on any atom is -0.365 e. The molecule has 0 radical (unpaired) electrons. The van der Waals surface area contributed by atoms with Crippen molar-refractivity contribution in [3.63, 3.8) is 0 Å². The molecule has 0 unspecified atom stereocenters. The van der Waals surface area contributed by atoms with E-state index in [1.54, 1.807) is 18.1 Å². The van der Waals surface area contributed by atoms with E-state index >= 15 is 0 Å². The van der Waals surface area contributed by atoms with Crippen LogP contribution in [0.25, 0.3) is 0 Å². The van der Waals surface area contributed by atoms with E-state index in [4.69, 9.17) is 0 Å². The van der Waals surface area contributed by atoms with Crippen molar-refractivity contribution in [1.29, 1.82) is 0 Å². The molecule has 1 aliphatic heterocycles. The molecule has 0 spiro atoms. The number of aryl methyl sites for hydroxylation is 2. The van der Waals surface area contributed by atoms with E-state index in [2.05, 4.69) is 10.1 Å². The van der Waals surface area contributed by atoms with Gasteiger partial charge in [-0.15, -0.1) is 0 Å². The largest absolute Gasteiger partial charge is 0.365 e. The molecule has 2 aromatic heterocycles. The van der Waals surface area contributed by atoms with E-state index in [9.17, 15) is 9.59 Å². The van der Waals surface area contributed by atoms with Crippen molar-refractivity contribution >= 4 is 11.8 Å². The predicted molar refractivity (Wildman–Crippen MR) is 94.0 cm³/mol. The Hall–Kier alpha value is -2.57. The summed E-state index contributed by atoms with van der Waals surface area (Å²) in [5.41, 5.74) is 2.51. The Morgan fingerprint density at radius 3 is 2.92 bits per heavy atom. The molecule has 7 heteroatoms. The normalized spacial score (nSPS) is 14.1. The third-order valence-corrected chi connectivity index (χ3v) is 4.76. The minimum atomic E-state index is -0.0376. The summed E-state index contributed by atoms with van der Waals surface area (Å²) in [7, 11) is 1.78. The monoisotopic (exact) mass is 343 g/mol. The molecule has 0 saturated carbocycles. The zero-order valence-corrected chi connectivity index (χ0v) is 14.9. The number of fused-ring (bicyclic) bond motifs is 1. The quantitative estimate of drug-likeness (QED) is 0.897. The fourth-order valence-electron chi connectivity index (χ4n) is 3.10. The molecule has 0 atom stereocenters. The molecule has 3 heterocycles. The Labute approximate surface area is 147 Å². The van der Waals surface area contributed by atoms with Gasteiger partial charge in [0.05, 0.1) is 24.0 Å². The Kier molecular flexibility index (Phi) is 5.21. The van der Waals surface area contributed by atoms with Crippen LogP contribution in [0, 0.1) is 0 Å². The van der Waals surface area contributed by atoms with Crippen LogP contribution in [0.15, 0.2) is 24.5 Å². The molecule has 134 valence electrons. The highest BCUT2D eigenvalue weighted by Gasteiger charge is 2.25. The number of carbonyl (C=O) groups is 2. The Balaban J connectivity index is 1.72. The van der Waals surface area contributed by atoms with Gasteiger partial charge in [0.25, 0.3) is 5.91 Å². The van der Waals surface area contributed by atoms with Gasteiger partial charge >= 0.3 is 0 Å². The summed E-state index contributed by atoms with van der Waals surface area (Å²) in [6.45, 7) is 4.46. The number of nitrogens with one attached hydrogen (secondary N) is 1. The predicted octanol–water partition coefficient (Wildman–Crippen LogP) is 1.67. The molecule has 2 amide bonds. The van der Waals surface area contributed by atoms with Crippen LogP contribution in [0.2, 0.25) is 0 Å². The highest BCUT2D eigenvalue weighted by molar-refractivity contribution is 5.95. The number of hydrogen-bond donors (Lipinski definition) is 1. The third kappa shape index (κ3) is 3.75. The molecular formula is C18H25N5O2. The second-order valence-corrected chi connectivity index (χ2v) is 6.41. The van der Waals surface area contributed by atoms with E-state index in [1.807, 2.05) is 34.8 Å². The van der Waals surface area contributed by atoms with E-state index in [1.165, 1.54) is 0 Å². The first kappa shape index (κ1) is 17.3. The van der Waals surface area contributed by atoms with E-state index < -0.39 is 0 Å². The van der Waals surface area contributed by atoms with Crippen LogP contribution < -0.4 is 0 Å². The average Bonchev–Trinajstić information content (AvgIpc) is 3.23.